The number of hydrogen-bond donors (Lipinski definition) is 1. The number of nitrogens with zero attached hydrogens (tertiary/aromatic N) is 2. The Morgan fingerprint density at radius 3 is 2.88 bits per heavy atom. The molecule has 2 aromatic rings. The zero-order valence-electron chi connectivity index (χ0n) is 10.1. The lowest BCUT2D eigenvalue weighted by Crippen LogP contribution is -2.01. The van der Waals surface area contributed by atoms with Crippen molar-refractivity contribution in [1.82, 2.24) is 9.78 Å². The molecular formula is C13H16N2OS. The molecule has 0 amide bonds. The number of aromatic nitrogens is 2. The first kappa shape index (κ1) is 12.0. The molecule has 0 aliphatic carbocycles. The number of aryl methyl sites for hydroxylation is 2. The van der Waals surface area contributed by atoms with Crippen molar-refractivity contribution in [3.05, 3.63) is 41.7 Å². The molecule has 17 heavy (non-hydrogen) atoms. The van der Waals surface area contributed by atoms with Gasteiger partial charge in [-0.1, -0.05) is 6.07 Å². The lowest BCUT2D eigenvalue weighted by Gasteiger charge is -2.04. The van der Waals surface area contributed by atoms with E-state index in [1.165, 1.54) is 5.69 Å². The van der Waals surface area contributed by atoms with Gasteiger partial charge in [0.15, 0.2) is 0 Å². The Kier molecular flexibility index (Phi) is 3.74. The summed E-state index contributed by atoms with van der Waals surface area (Å²) in [5.74, 6) is 1.19. The molecule has 0 saturated carbocycles. The third kappa shape index (κ3) is 3.03. The van der Waals surface area contributed by atoms with Gasteiger partial charge < -0.3 is 5.11 Å². The first-order valence-corrected chi connectivity index (χ1v) is 6.62. The second-order valence-corrected chi connectivity index (χ2v) is 4.93. The van der Waals surface area contributed by atoms with Gasteiger partial charge in [0, 0.05) is 22.9 Å². The van der Waals surface area contributed by atoms with E-state index in [-0.39, 0.29) is 0 Å². The fourth-order valence-electron chi connectivity index (χ4n) is 1.72. The quantitative estimate of drug-likeness (QED) is 0.844. The van der Waals surface area contributed by atoms with Crippen molar-refractivity contribution in [2.45, 2.75) is 31.0 Å². The smallest absolute Gasteiger partial charge is 0.116 e. The minimum absolute atomic E-state index is 0.315. The van der Waals surface area contributed by atoms with Crippen LogP contribution >= 0.6 is 11.8 Å². The van der Waals surface area contributed by atoms with E-state index < -0.39 is 0 Å². The third-order valence-corrected chi connectivity index (χ3v) is 3.52. The molecule has 0 unspecified atom stereocenters. The molecule has 0 atom stereocenters. The second kappa shape index (κ2) is 5.27. The number of benzene rings is 1. The van der Waals surface area contributed by atoms with Crippen molar-refractivity contribution in [2.24, 2.45) is 0 Å². The highest BCUT2D eigenvalue weighted by molar-refractivity contribution is 7.98. The van der Waals surface area contributed by atoms with Gasteiger partial charge in [-0.3, -0.25) is 4.68 Å². The second-order valence-electron chi connectivity index (χ2n) is 3.88. The molecule has 1 aromatic heterocycles. The third-order valence-electron chi connectivity index (χ3n) is 2.49. The zero-order valence-corrected chi connectivity index (χ0v) is 10.9. The molecule has 0 radical (unpaired) electrons. The van der Waals surface area contributed by atoms with Crippen LogP contribution in [0.25, 0.3) is 0 Å². The summed E-state index contributed by atoms with van der Waals surface area (Å²) in [7, 11) is 0. The standard InChI is InChI=1S/C13H16N2OS/c1-3-15-11(7-10(2)14-15)9-17-13-6-4-5-12(16)8-13/h4-8,16H,3,9H2,1-2H3. The summed E-state index contributed by atoms with van der Waals surface area (Å²) >= 11 is 1.71. The van der Waals surface area contributed by atoms with Gasteiger partial charge in [0.25, 0.3) is 0 Å². The number of phenols is 1. The minimum Gasteiger partial charge on any atom is -0.508 e. The van der Waals surface area contributed by atoms with Gasteiger partial charge in [-0.05, 0) is 38.1 Å². The molecule has 4 heteroatoms. The zero-order chi connectivity index (χ0) is 12.3. The van der Waals surface area contributed by atoms with Crippen LogP contribution in [0.1, 0.15) is 18.3 Å². The molecule has 0 saturated heterocycles. The van der Waals surface area contributed by atoms with E-state index in [2.05, 4.69) is 18.1 Å². The van der Waals surface area contributed by atoms with Gasteiger partial charge >= 0.3 is 0 Å². The maximum atomic E-state index is 9.38. The Balaban J connectivity index is 2.06. The number of thioether (sulfide) groups is 1. The van der Waals surface area contributed by atoms with E-state index in [0.29, 0.717) is 5.75 Å². The van der Waals surface area contributed by atoms with Crippen LogP contribution < -0.4 is 0 Å². The monoisotopic (exact) mass is 248 g/mol. The predicted molar refractivity (Wildman–Crippen MR) is 70.3 cm³/mol. The highest BCUT2D eigenvalue weighted by atomic mass is 32.2. The average molecular weight is 248 g/mol. The summed E-state index contributed by atoms with van der Waals surface area (Å²) in [6.45, 7) is 4.99. The van der Waals surface area contributed by atoms with Crippen molar-refractivity contribution >= 4 is 11.8 Å². The summed E-state index contributed by atoms with van der Waals surface area (Å²) < 4.78 is 2.02. The van der Waals surface area contributed by atoms with E-state index in [0.717, 1.165) is 22.9 Å². The predicted octanol–water partition coefficient (Wildman–Crippen LogP) is 3.21. The summed E-state index contributed by atoms with van der Waals surface area (Å²) in [5, 5.41) is 13.8. The van der Waals surface area contributed by atoms with E-state index in [9.17, 15) is 5.11 Å². The Hall–Kier alpha value is -1.42. The molecule has 0 bridgehead atoms. The number of hydrogen-bond acceptors (Lipinski definition) is 3. The van der Waals surface area contributed by atoms with Gasteiger partial charge in [0.1, 0.15) is 5.75 Å². The van der Waals surface area contributed by atoms with Crippen LogP contribution in [-0.2, 0) is 12.3 Å². The number of aromatic hydroxyl groups is 1. The SMILES string of the molecule is CCn1nc(C)cc1CSc1cccc(O)c1. The van der Waals surface area contributed by atoms with Crippen LogP contribution in [0.5, 0.6) is 5.75 Å². The molecule has 1 N–H and O–H groups in total. The molecule has 0 aliphatic rings. The van der Waals surface area contributed by atoms with Crippen LogP contribution in [0, 0.1) is 6.92 Å². The Labute approximate surface area is 105 Å². The van der Waals surface area contributed by atoms with Crippen LogP contribution in [0.4, 0.5) is 0 Å². The molecule has 1 aromatic carbocycles. The Morgan fingerprint density at radius 1 is 1.35 bits per heavy atom. The molecule has 0 spiro atoms. The molecule has 0 aliphatic heterocycles. The fourth-order valence-corrected chi connectivity index (χ4v) is 2.65. The minimum atomic E-state index is 0.315. The Morgan fingerprint density at radius 2 is 2.18 bits per heavy atom. The lowest BCUT2D eigenvalue weighted by atomic mass is 10.3. The van der Waals surface area contributed by atoms with Gasteiger partial charge in [-0.2, -0.15) is 5.10 Å². The van der Waals surface area contributed by atoms with Crippen LogP contribution in [0.15, 0.2) is 35.2 Å². The van der Waals surface area contributed by atoms with E-state index >= 15 is 0 Å². The summed E-state index contributed by atoms with van der Waals surface area (Å²) in [4.78, 5) is 1.08. The van der Waals surface area contributed by atoms with Crippen LogP contribution in [0.3, 0.4) is 0 Å². The van der Waals surface area contributed by atoms with Gasteiger partial charge in [0.05, 0.1) is 5.69 Å². The number of phenolic OH excluding ortho intramolecular Hbond substituents is 1. The molecular weight excluding hydrogens is 232 g/mol. The molecule has 2 rings (SSSR count). The van der Waals surface area contributed by atoms with E-state index in [4.69, 9.17) is 0 Å². The molecule has 0 fully saturated rings. The van der Waals surface area contributed by atoms with Crippen LogP contribution in [0.2, 0.25) is 0 Å². The largest absolute Gasteiger partial charge is 0.508 e. The summed E-state index contributed by atoms with van der Waals surface area (Å²) in [6.07, 6.45) is 0. The van der Waals surface area contributed by atoms with Crippen molar-refractivity contribution in [2.75, 3.05) is 0 Å². The fraction of sp³-hybridized carbons (Fsp3) is 0.308. The summed E-state index contributed by atoms with van der Waals surface area (Å²) in [6, 6.07) is 9.44. The summed E-state index contributed by atoms with van der Waals surface area (Å²) in [5.41, 5.74) is 2.27. The van der Waals surface area contributed by atoms with Crippen molar-refractivity contribution in [3.8, 4) is 5.75 Å². The van der Waals surface area contributed by atoms with Gasteiger partial charge in [-0.25, -0.2) is 0 Å². The first-order valence-electron chi connectivity index (χ1n) is 5.64. The highest BCUT2D eigenvalue weighted by Gasteiger charge is 2.04. The van der Waals surface area contributed by atoms with Gasteiger partial charge in [-0.15, -0.1) is 11.8 Å². The maximum Gasteiger partial charge on any atom is 0.116 e. The van der Waals surface area contributed by atoms with E-state index in [1.807, 2.05) is 23.7 Å². The maximum absolute atomic E-state index is 9.38. The van der Waals surface area contributed by atoms with Crippen molar-refractivity contribution < 1.29 is 5.11 Å². The van der Waals surface area contributed by atoms with Crippen LogP contribution in [-0.4, -0.2) is 14.9 Å². The highest BCUT2D eigenvalue weighted by Crippen LogP contribution is 2.25. The molecule has 90 valence electrons. The molecule has 3 nitrogen and oxygen atoms in total. The first-order chi connectivity index (χ1) is 8.19. The van der Waals surface area contributed by atoms with Gasteiger partial charge in [0.2, 0.25) is 0 Å². The Bertz CT molecular complexity index is 508. The topological polar surface area (TPSA) is 38.0 Å². The molecule has 1 heterocycles. The van der Waals surface area contributed by atoms with E-state index in [1.54, 1.807) is 23.9 Å². The lowest BCUT2D eigenvalue weighted by molar-refractivity contribution is 0.474. The van der Waals surface area contributed by atoms with Crippen molar-refractivity contribution in [3.63, 3.8) is 0 Å². The number of rotatable bonds is 4. The average Bonchev–Trinajstić information content (AvgIpc) is 2.67. The normalized spacial score (nSPS) is 10.7. The van der Waals surface area contributed by atoms with Crippen molar-refractivity contribution in [1.29, 1.82) is 0 Å².